The number of ether oxygens (including phenoxy) is 1. The fraction of sp³-hybridized carbons (Fsp3) is 0.188. The molecule has 2 aromatic rings. The fourth-order valence-corrected chi connectivity index (χ4v) is 2.76. The average molecular weight is 307 g/mol. The van der Waals surface area contributed by atoms with Crippen molar-refractivity contribution < 1.29 is 9.53 Å². The number of rotatable bonds is 3. The Hall–Kier alpha value is -1.35. The predicted molar refractivity (Wildman–Crippen MR) is 79.4 cm³/mol. The molecule has 1 aliphatic rings. The number of halogens is 2. The quantitative estimate of drug-likeness (QED) is 0.783. The molecule has 0 radical (unpaired) electrons. The molecule has 20 heavy (non-hydrogen) atoms. The van der Waals surface area contributed by atoms with Gasteiger partial charge in [0.05, 0.1) is 13.2 Å². The average Bonchev–Trinajstić information content (AvgIpc) is 2.89. The van der Waals surface area contributed by atoms with Crippen molar-refractivity contribution in [1.29, 1.82) is 0 Å². The monoisotopic (exact) mass is 306 g/mol. The highest BCUT2D eigenvalue weighted by atomic mass is 35.5. The van der Waals surface area contributed by atoms with Crippen LogP contribution in [0.4, 0.5) is 0 Å². The normalized spacial score (nSPS) is 13.3. The number of benzene rings is 2. The van der Waals surface area contributed by atoms with Crippen LogP contribution in [0.1, 0.15) is 27.0 Å². The van der Waals surface area contributed by atoms with Gasteiger partial charge in [0.1, 0.15) is 0 Å². The third-order valence-corrected chi connectivity index (χ3v) is 4.00. The second-order valence-electron chi connectivity index (χ2n) is 4.81. The highest BCUT2D eigenvalue weighted by Gasteiger charge is 2.15. The molecule has 0 N–H and O–H groups in total. The van der Waals surface area contributed by atoms with Gasteiger partial charge in [0.15, 0.2) is 5.78 Å². The van der Waals surface area contributed by atoms with Crippen LogP contribution in [0.5, 0.6) is 0 Å². The number of carbonyl (C=O) groups excluding carboxylic acids is 1. The van der Waals surface area contributed by atoms with Crippen molar-refractivity contribution in [1.82, 2.24) is 0 Å². The van der Waals surface area contributed by atoms with Crippen LogP contribution in [0.15, 0.2) is 36.4 Å². The van der Waals surface area contributed by atoms with Gasteiger partial charge >= 0.3 is 0 Å². The molecule has 0 amide bonds. The number of Topliss-reactive ketones (excluding diaryl/α,β-unsaturated/α-hetero) is 1. The zero-order valence-electron chi connectivity index (χ0n) is 10.7. The molecule has 3 rings (SSSR count). The van der Waals surface area contributed by atoms with E-state index >= 15 is 0 Å². The van der Waals surface area contributed by atoms with Crippen LogP contribution >= 0.6 is 23.2 Å². The lowest BCUT2D eigenvalue weighted by Crippen LogP contribution is -2.05. The number of carbonyl (C=O) groups is 1. The zero-order valence-corrected chi connectivity index (χ0v) is 12.2. The molecule has 0 aliphatic carbocycles. The number of ketones is 1. The largest absolute Gasteiger partial charge is 0.372 e. The van der Waals surface area contributed by atoms with Gasteiger partial charge in [0, 0.05) is 22.0 Å². The van der Waals surface area contributed by atoms with Gasteiger partial charge < -0.3 is 4.74 Å². The minimum Gasteiger partial charge on any atom is -0.372 e. The number of hydrogen-bond donors (Lipinski definition) is 0. The summed E-state index contributed by atoms with van der Waals surface area (Å²) in [5.41, 5.74) is 3.74. The maximum Gasteiger partial charge on any atom is 0.167 e. The third kappa shape index (κ3) is 2.73. The van der Waals surface area contributed by atoms with Gasteiger partial charge in [0.2, 0.25) is 0 Å². The molecule has 0 bridgehead atoms. The Balaban J connectivity index is 1.82. The highest BCUT2D eigenvalue weighted by Crippen LogP contribution is 2.24. The van der Waals surface area contributed by atoms with Crippen LogP contribution in [0.3, 0.4) is 0 Å². The van der Waals surface area contributed by atoms with E-state index in [9.17, 15) is 4.79 Å². The van der Waals surface area contributed by atoms with Gasteiger partial charge in [-0.25, -0.2) is 0 Å². The lowest BCUT2D eigenvalue weighted by molar-refractivity contribution is 0.0993. The van der Waals surface area contributed by atoms with E-state index in [-0.39, 0.29) is 12.2 Å². The first-order valence-corrected chi connectivity index (χ1v) is 7.06. The minimum absolute atomic E-state index is 0.0453. The standard InChI is InChI=1S/C16H12Cl2O2/c17-14-4-3-10(15(18)7-14)6-16(19)11-1-2-12-8-20-9-13(12)5-11/h1-5,7H,6,8-9H2. The Bertz CT molecular complexity index is 680. The lowest BCUT2D eigenvalue weighted by atomic mass is 9.99. The van der Waals surface area contributed by atoms with Crippen LogP contribution in [0.2, 0.25) is 10.0 Å². The van der Waals surface area contributed by atoms with E-state index in [4.69, 9.17) is 27.9 Å². The summed E-state index contributed by atoms with van der Waals surface area (Å²) in [6, 6.07) is 10.9. The fourth-order valence-electron chi connectivity index (χ4n) is 2.29. The van der Waals surface area contributed by atoms with E-state index in [1.54, 1.807) is 18.2 Å². The van der Waals surface area contributed by atoms with Crippen LogP contribution in [-0.2, 0) is 24.4 Å². The van der Waals surface area contributed by atoms with Crippen molar-refractivity contribution in [3.8, 4) is 0 Å². The summed E-state index contributed by atoms with van der Waals surface area (Å²) in [7, 11) is 0. The molecule has 1 aliphatic heterocycles. The molecule has 0 aromatic heterocycles. The maximum absolute atomic E-state index is 12.3. The summed E-state index contributed by atoms with van der Waals surface area (Å²) in [4.78, 5) is 12.3. The second-order valence-corrected chi connectivity index (χ2v) is 5.66. The van der Waals surface area contributed by atoms with Crippen LogP contribution < -0.4 is 0 Å². The minimum atomic E-state index is 0.0453. The van der Waals surface area contributed by atoms with Gasteiger partial charge in [-0.1, -0.05) is 41.4 Å². The van der Waals surface area contributed by atoms with E-state index in [2.05, 4.69) is 0 Å². The Morgan fingerprint density at radius 2 is 1.85 bits per heavy atom. The molecule has 0 spiro atoms. The smallest absolute Gasteiger partial charge is 0.167 e. The Morgan fingerprint density at radius 1 is 1.05 bits per heavy atom. The topological polar surface area (TPSA) is 26.3 Å². The molecule has 0 saturated carbocycles. The zero-order chi connectivity index (χ0) is 14.1. The van der Waals surface area contributed by atoms with Crippen molar-refractivity contribution in [2.24, 2.45) is 0 Å². The van der Waals surface area contributed by atoms with Crippen molar-refractivity contribution in [2.45, 2.75) is 19.6 Å². The summed E-state index contributed by atoms with van der Waals surface area (Å²) in [6.45, 7) is 1.21. The molecule has 0 unspecified atom stereocenters. The molecular formula is C16H12Cl2O2. The molecule has 102 valence electrons. The van der Waals surface area contributed by atoms with Crippen molar-refractivity contribution in [2.75, 3.05) is 0 Å². The molecule has 2 nitrogen and oxygen atoms in total. The Morgan fingerprint density at radius 3 is 2.65 bits per heavy atom. The summed E-state index contributed by atoms with van der Waals surface area (Å²) >= 11 is 11.9. The van der Waals surface area contributed by atoms with Crippen molar-refractivity contribution in [3.63, 3.8) is 0 Å². The molecule has 4 heteroatoms. The summed E-state index contributed by atoms with van der Waals surface area (Å²) in [6.07, 6.45) is 0.273. The Kier molecular flexibility index (Phi) is 3.79. The number of fused-ring (bicyclic) bond motifs is 1. The number of hydrogen-bond acceptors (Lipinski definition) is 2. The van der Waals surface area contributed by atoms with E-state index < -0.39 is 0 Å². The first-order valence-electron chi connectivity index (χ1n) is 6.30. The van der Waals surface area contributed by atoms with E-state index in [1.165, 1.54) is 0 Å². The predicted octanol–water partition coefficient (Wildman–Crippen LogP) is 4.45. The first-order chi connectivity index (χ1) is 9.63. The molecule has 1 heterocycles. The van der Waals surface area contributed by atoms with Gasteiger partial charge in [0.25, 0.3) is 0 Å². The van der Waals surface area contributed by atoms with Crippen LogP contribution in [0, 0.1) is 0 Å². The van der Waals surface area contributed by atoms with E-state index in [1.807, 2.05) is 18.2 Å². The highest BCUT2D eigenvalue weighted by molar-refractivity contribution is 6.35. The summed E-state index contributed by atoms with van der Waals surface area (Å²) < 4.78 is 5.35. The first kappa shape index (κ1) is 13.6. The molecular weight excluding hydrogens is 295 g/mol. The van der Waals surface area contributed by atoms with Gasteiger partial charge in [-0.2, -0.15) is 0 Å². The van der Waals surface area contributed by atoms with Crippen LogP contribution in [0.25, 0.3) is 0 Å². The maximum atomic E-state index is 12.3. The SMILES string of the molecule is O=C(Cc1ccc(Cl)cc1Cl)c1ccc2c(c1)COC2. The van der Waals surface area contributed by atoms with E-state index in [0.29, 0.717) is 28.8 Å². The van der Waals surface area contributed by atoms with E-state index in [0.717, 1.165) is 16.7 Å². The molecule has 0 saturated heterocycles. The molecule has 2 aromatic carbocycles. The van der Waals surface area contributed by atoms with Gasteiger partial charge in [-0.3, -0.25) is 4.79 Å². The second kappa shape index (κ2) is 5.57. The van der Waals surface area contributed by atoms with Gasteiger partial charge in [-0.05, 0) is 34.9 Å². The van der Waals surface area contributed by atoms with Crippen molar-refractivity contribution >= 4 is 29.0 Å². The van der Waals surface area contributed by atoms with Crippen molar-refractivity contribution in [3.05, 3.63) is 68.7 Å². The molecule has 0 fully saturated rings. The molecule has 0 atom stereocenters. The Labute approximate surface area is 127 Å². The summed E-state index contributed by atoms with van der Waals surface area (Å²) in [5, 5.41) is 1.09. The third-order valence-electron chi connectivity index (χ3n) is 3.41. The lowest BCUT2D eigenvalue weighted by Gasteiger charge is -2.06. The summed E-state index contributed by atoms with van der Waals surface area (Å²) in [5.74, 6) is 0.0453. The van der Waals surface area contributed by atoms with Gasteiger partial charge in [-0.15, -0.1) is 0 Å². The van der Waals surface area contributed by atoms with Crippen LogP contribution in [-0.4, -0.2) is 5.78 Å².